The van der Waals surface area contributed by atoms with Crippen LogP contribution in [0.3, 0.4) is 0 Å². The van der Waals surface area contributed by atoms with Crippen molar-refractivity contribution in [3.8, 4) is 0 Å². The first-order chi connectivity index (χ1) is 7.30. The maximum atomic E-state index is 11.6. The molecule has 0 aromatic heterocycles. The van der Waals surface area contributed by atoms with Crippen LogP contribution in [0.15, 0.2) is 0 Å². The minimum absolute atomic E-state index is 0.175. The van der Waals surface area contributed by atoms with E-state index in [9.17, 15) is 4.79 Å². The van der Waals surface area contributed by atoms with Crippen molar-refractivity contribution in [1.29, 1.82) is 0 Å². The molecule has 0 saturated carbocycles. The van der Waals surface area contributed by atoms with E-state index in [-0.39, 0.29) is 17.4 Å². The van der Waals surface area contributed by atoms with E-state index < -0.39 is 0 Å². The van der Waals surface area contributed by atoms with Crippen molar-refractivity contribution in [3.05, 3.63) is 0 Å². The van der Waals surface area contributed by atoms with Crippen molar-refractivity contribution in [1.82, 2.24) is 10.2 Å². The summed E-state index contributed by atoms with van der Waals surface area (Å²) in [5.74, 6) is -0.175. The number of carbonyl (C=O) groups is 1. The normalized spacial score (nSPS) is 13.9. The number of nitrogens with zero attached hydrogens (tertiary/aromatic N) is 1. The summed E-state index contributed by atoms with van der Waals surface area (Å²) < 4.78 is 5.00. The molecule has 0 bridgehead atoms. The number of ether oxygens (including phenoxy) is 1. The molecule has 0 spiro atoms. The quantitative estimate of drug-likeness (QED) is 0.694. The summed E-state index contributed by atoms with van der Waals surface area (Å²) in [7, 11) is 3.81. The van der Waals surface area contributed by atoms with Crippen LogP contribution in [0.2, 0.25) is 0 Å². The fourth-order valence-corrected chi connectivity index (χ4v) is 1.71. The Bertz CT molecular complexity index is 212. The molecule has 96 valence electrons. The molecule has 0 heterocycles. The van der Waals surface area contributed by atoms with E-state index >= 15 is 0 Å². The van der Waals surface area contributed by atoms with E-state index in [2.05, 4.69) is 31.0 Å². The van der Waals surface area contributed by atoms with Gasteiger partial charge in [-0.1, -0.05) is 20.8 Å². The second kappa shape index (κ2) is 6.86. The van der Waals surface area contributed by atoms with Gasteiger partial charge in [-0.25, -0.2) is 0 Å². The fraction of sp³-hybridized carbons (Fsp3) is 0.917. The number of hydrogen-bond donors (Lipinski definition) is 1. The van der Waals surface area contributed by atoms with E-state index in [1.54, 1.807) is 7.05 Å². The smallest absolute Gasteiger partial charge is 0.324 e. The minimum Gasteiger partial charge on any atom is -0.465 e. The van der Waals surface area contributed by atoms with Crippen LogP contribution < -0.4 is 5.32 Å². The van der Waals surface area contributed by atoms with Crippen molar-refractivity contribution in [2.24, 2.45) is 5.41 Å². The molecule has 0 saturated heterocycles. The first kappa shape index (κ1) is 15.4. The van der Waals surface area contributed by atoms with Gasteiger partial charge in [-0.15, -0.1) is 0 Å². The van der Waals surface area contributed by atoms with Gasteiger partial charge in [0.05, 0.1) is 6.61 Å². The fourth-order valence-electron chi connectivity index (χ4n) is 1.71. The maximum absolute atomic E-state index is 11.6. The molecule has 0 fully saturated rings. The van der Waals surface area contributed by atoms with Crippen LogP contribution in [-0.2, 0) is 9.53 Å². The van der Waals surface area contributed by atoms with E-state index in [0.29, 0.717) is 13.2 Å². The number of likely N-dealkylation sites (N-methyl/N-ethyl adjacent to an activating group) is 2. The second-order valence-electron chi connectivity index (χ2n) is 5.35. The molecule has 4 heteroatoms. The van der Waals surface area contributed by atoms with Crippen LogP contribution in [0, 0.1) is 5.41 Å². The number of nitrogens with one attached hydrogen (secondary N) is 1. The van der Waals surface area contributed by atoms with E-state index in [4.69, 9.17) is 4.74 Å². The van der Waals surface area contributed by atoms with Gasteiger partial charge in [0.1, 0.15) is 6.04 Å². The van der Waals surface area contributed by atoms with Crippen LogP contribution in [0.1, 0.15) is 27.7 Å². The summed E-state index contributed by atoms with van der Waals surface area (Å²) in [5, 5.41) is 2.99. The van der Waals surface area contributed by atoms with E-state index in [0.717, 1.165) is 6.54 Å². The number of esters is 1. The average Bonchev–Trinajstić information content (AvgIpc) is 2.11. The molecule has 0 aromatic carbocycles. The first-order valence-corrected chi connectivity index (χ1v) is 5.82. The van der Waals surface area contributed by atoms with Crippen LogP contribution >= 0.6 is 0 Å². The summed E-state index contributed by atoms with van der Waals surface area (Å²) in [6.07, 6.45) is 0. The first-order valence-electron chi connectivity index (χ1n) is 5.82. The van der Waals surface area contributed by atoms with Crippen molar-refractivity contribution >= 4 is 5.97 Å². The molecule has 0 aliphatic heterocycles. The molecular weight excluding hydrogens is 204 g/mol. The third-order valence-electron chi connectivity index (χ3n) is 2.16. The summed E-state index contributed by atoms with van der Waals surface area (Å²) in [4.78, 5) is 13.7. The van der Waals surface area contributed by atoms with Gasteiger partial charge in [0.25, 0.3) is 0 Å². The highest BCUT2D eigenvalue weighted by Gasteiger charge is 2.21. The maximum Gasteiger partial charge on any atom is 0.324 e. The SMILES string of the molecule is CCOC(=O)C(CN(C)CC(C)(C)C)NC. The average molecular weight is 230 g/mol. The lowest BCUT2D eigenvalue weighted by Gasteiger charge is -2.28. The monoisotopic (exact) mass is 230 g/mol. The largest absolute Gasteiger partial charge is 0.465 e. The van der Waals surface area contributed by atoms with Gasteiger partial charge in [-0.05, 0) is 26.4 Å². The molecule has 0 radical (unpaired) electrons. The molecule has 1 N–H and O–H groups in total. The number of carbonyl (C=O) groups excluding carboxylic acids is 1. The van der Waals surface area contributed by atoms with Crippen LogP contribution in [0.4, 0.5) is 0 Å². The van der Waals surface area contributed by atoms with Crippen molar-refractivity contribution < 1.29 is 9.53 Å². The Morgan fingerprint density at radius 2 is 2.00 bits per heavy atom. The Hall–Kier alpha value is -0.610. The Labute approximate surface area is 99.3 Å². The highest BCUT2D eigenvalue weighted by molar-refractivity contribution is 5.76. The Balaban J connectivity index is 4.16. The second-order valence-corrected chi connectivity index (χ2v) is 5.35. The summed E-state index contributed by atoms with van der Waals surface area (Å²) in [6.45, 7) is 10.4. The highest BCUT2D eigenvalue weighted by atomic mass is 16.5. The Morgan fingerprint density at radius 1 is 1.44 bits per heavy atom. The summed E-state index contributed by atoms with van der Waals surface area (Å²) in [6, 6.07) is -0.243. The number of rotatable bonds is 6. The lowest BCUT2D eigenvalue weighted by molar-refractivity contribution is -0.146. The molecule has 4 nitrogen and oxygen atoms in total. The lowest BCUT2D eigenvalue weighted by atomic mass is 9.96. The van der Waals surface area contributed by atoms with E-state index in [1.807, 2.05) is 14.0 Å². The van der Waals surface area contributed by atoms with Gasteiger partial charge in [0, 0.05) is 13.1 Å². The van der Waals surface area contributed by atoms with Crippen LogP contribution in [0.25, 0.3) is 0 Å². The van der Waals surface area contributed by atoms with Gasteiger partial charge < -0.3 is 15.0 Å². The molecule has 0 aliphatic carbocycles. The molecule has 0 amide bonds. The summed E-state index contributed by atoms with van der Waals surface area (Å²) in [5.41, 5.74) is 0.238. The zero-order valence-corrected chi connectivity index (χ0v) is 11.5. The zero-order chi connectivity index (χ0) is 12.8. The molecular formula is C12H26N2O2. The standard InChI is InChI=1S/C12H26N2O2/c1-7-16-11(15)10(13-5)8-14(6)9-12(2,3)4/h10,13H,7-9H2,1-6H3. The van der Waals surface area contributed by atoms with Gasteiger partial charge in [-0.3, -0.25) is 4.79 Å². The number of hydrogen-bond acceptors (Lipinski definition) is 4. The predicted molar refractivity (Wildman–Crippen MR) is 66.4 cm³/mol. The Kier molecular flexibility index (Phi) is 6.60. The summed E-state index contributed by atoms with van der Waals surface area (Å²) >= 11 is 0. The van der Waals surface area contributed by atoms with Crippen molar-refractivity contribution in [2.75, 3.05) is 33.8 Å². The van der Waals surface area contributed by atoms with Gasteiger partial charge in [-0.2, -0.15) is 0 Å². The van der Waals surface area contributed by atoms with Gasteiger partial charge >= 0.3 is 5.97 Å². The topological polar surface area (TPSA) is 41.6 Å². The Morgan fingerprint density at radius 3 is 2.38 bits per heavy atom. The van der Waals surface area contributed by atoms with Crippen LogP contribution in [-0.4, -0.2) is 50.7 Å². The van der Waals surface area contributed by atoms with Crippen molar-refractivity contribution in [2.45, 2.75) is 33.7 Å². The lowest BCUT2D eigenvalue weighted by Crippen LogP contribution is -2.46. The molecule has 1 atom stereocenters. The van der Waals surface area contributed by atoms with Gasteiger partial charge in [0.2, 0.25) is 0 Å². The third-order valence-corrected chi connectivity index (χ3v) is 2.16. The minimum atomic E-state index is -0.243. The third kappa shape index (κ3) is 6.80. The molecule has 0 aliphatic rings. The van der Waals surface area contributed by atoms with E-state index in [1.165, 1.54) is 0 Å². The zero-order valence-electron chi connectivity index (χ0n) is 11.5. The molecule has 1 unspecified atom stereocenters. The van der Waals surface area contributed by atoms with Gasteiger partial charge in [0.15, 0.2) is 0 Å². The molecule has 0 rings (SSSR count). The predicted octanol–water partition coefficient (Wildman–Crippen LogP) is 1.12. The van der Waals surface area contributed by atoms with Crippen LogP contribution in [0.5, 0.6) is 0 Å². The molecule has 0 aromatic rings. The molecule has 16 heavy (non-hydrogen) atoms. The highest BCUT2D eigenvalue weighted by Crippen LogP contribution is 2.14. The van der Waals surface area contributed by atoms with Crippen molar-refractivity contribution in [3.63, 3.8) is 0 Å².